The molecular weight excluding hydrogens is 216 g/mol. The van der Waals surface area contributed by atoms with E-state index in [0.717, 1.165) is 12.8 Å². The Morgan fingerprint density at radius 2 is 1.64 bits per heavy atom. The standard InChI is InChI=1S/C6H14OS4/c1-2-3-4-5(7,8)6(9,10)11/h7-11H,2-4H2,1H3. The van der Waals surface area contributed by atoms with Crippen LogP contribution in [0.25, 0.3) is 0 Å². The van der Waals surface area contributed by atoms with Gasteiger partial charge >= 0.3 is 0 Å². The Morgan fingerprint density at radius 3 is 1.91 bits per heavy atom. The molecule has 1 nitrogen and oxygen atoms in total. The first-order valence-corrected chi connectivity index (χ1v) is 5.22. The highest BCUT2D eigenvalue weighted by atomic mass is 32.2. The predicted octanol–water partition coefficient (Wildman–Crippen LogP) is 2.24. The summed E-state index contributed by atoms with van der Waals surface area (Å²) in [5.74, 6) is 0. The van der Waals surface area contributed by atoms with Gasteiger partial charge in [0.15, 0.2) is 0 Å². The number of rotatable bonds is 4. The topological polar surface area (TPSA) is 20.2 Å². The van der Waals surface area contributed by atoms with Crippen LogP contribution >= 0.6 is 50.5 Å². The van der Waals surface area contributed by atoms with Crippen LogP contribution in [0.2, 0.25) is 0 Å². The average Bonchev–Trinajstić information content (AvgIpc) is 1.81. The Balaban J connectivity index is 4.00. The summed E-state index contributed by atoms with van der Waals surface area (Å²) < 4.78 is -1.05. The van der Waals surface area contributed by atoms with Crippen LogP contribution in [-0.4, -0.2) is 13.5 Å². The van der Waals surface area contributed by atoms with Crippen molar-refractivity contribution in [3.63, 3.8) is 0 Å². The molecule has 0 fully saturated rings. The fraction of sp³-hybridized carbons (Fsp3) is 1.00. The lowest BCUT2D eigenvalue weighted by Gasteiger charge is -2.33. The Bertz CT molecular complexity index is 118. The summed E-state index contributed by atoms with van der Waals surface area (Å²) in [5, 5.41) is 9.62. The first-order chi connectivity index (χ1) is 4.81. The number of hydrogen-bond acceptors (Lipinski definition) is 5. The summed E-state index contributed by atoms with van der Waals surface area (Å²) in [5.41, 5.74) is 0. The highest BCUT2D eigenvalue weighted by Crippen LogP contribution is 2.42. The summed E-state index contributed by atoms with van der Waals surface area (Å²) in [6, 6.07) is 0. The van der Waals surface area contributed by atoms with E-state index in [4.69, 9.17) is 0 Å². The van der Waals surface area contributed by atoms with E-state index in [2.05, 4.69) is 50.5 Å². The zero-order valence-corrected chi connectivity index (χ0v) is 9.94. The largest absolute Gasteiger partial charge is 0.376 e. The van der Waals surface area contributed by atoms with Crippen molar-refractivity contribution >= 4 is 50.5 Å². The van der Waals surface area contributed by atoms with Gasteiger partial charge in [0.05, 0.1) is 0 Å². The van der Waals surface area contributed by atoms with E-state index >= 15 is 0 Å². The summed E-state index contributed by atoms with van der Waals surface area (Å²) in [6.45, 7) is 2.04. The molecule has 0 aliphatic carbocycles. The summed E-state index contributed by atoms with van der Waals surface area (Å²) >= 11 is 16.1. The molecule has 0 amide bonds. The SMILES string of the molecule is CCCCC(O)(S)C(S)(S)S. The lowest BCUT2D eigenvalue weighted by Crippen LogP contribution is -2.37. The molecule has 68 valence electrons. The van der Waals surface area contributed by atoms with Crippen LogP contribution in [0.15, 0.2) is 0 Å². The molecular formula is C6H14OS4. The van der Waals surface area contributed by atoms with Gasteiger partial charge in [0, 0.05) is 0 Å². The van der Waals surface area contributed by atoms with Gasteiger partial charge in [0.25, 0.3) is 0 Å². The van der Waals surface area contributed by atoms with E-state index in [0.29, 0.717) is 6.42 Å². The maximum atomic E-state index is 9.62. The fourth-order valence-electron chi connectivity index (χ4n) is 0.591. The molecule has 1 atom stereocenters. The Kier molecular flexibility index (Phi) is 5.12. The van der Waals surface area contributed by atoms with Crippen molar-refractivity contribution in [3.05, 3.63) is 0 Å². The minimum atomic E-state index is -1.22. The first-order valence-electron chi connectivity index (χ1n) is 3.43. The number of hydrogen-bond donors (Lipinski definition) is 5. The zero-order valence-electron chi connectivity index (χ0n) is 6.36. The van der Waals surface area contributed by atoms with Gasteiger partial charge in [-0.2, -0.15) is 0 Å². The minimum absolute atomic E-state index is 0.545. The lowest BCUT2D eigenvalue weighted by molar-refractivity contribution is 0.138. The van der Waals surface area contributed by atoms with Crippen LogP contribution in [0.3, 0.4) is 0 Å². The second-order valence-electron chi connectivity index (χ2n) is 2.56. The summed E-state index contributed by atoms with van der Waals surface area (Å²) in [7, 11) is 0. The Hall–Kier alpha value is 1.36. The van der Waals surface area contributed by atoms with Crippen molar-refractivity contribution in [1.82, 2.24) is 0 Å². The third-order valence-corrected chi connectivity index (χ3v) is 3.61. The molecule has 0 saturated heterocycles. The van der Waals surface area contributed by atoms with E-state index in [9.17, 15) is 5.11 Å². The Morgan fingerprint density at radius 1 is 1.18 bits per heavy atom. The summed E-state index contributed by atoms with van der Waals surface area (Å²) in [6.07, 6.45) is 2.45. The molecule has 0 aromatic heterocycles. The van der Waals surface area contributed by atoms with Gasteiger partial charge in [-0.05, 0) is 12.8 Å². The van der Waals surface area contributed by atoms with Crippen molar-refractivity contribution < 1.29 is 5.11 Å². The quantitative estimate of drug-likeness (QED) is 0.371. The van der Waals surface area contributed by atoms with Crippen molar-refractivity contribution in [1.29, 1.82) is 0 Å². The van der Waals surface area contributed by atoms with Crippen molar-refractivity contribution in [2.45, 2.75) is 34.5 Å². The van der Waals surface area contributed by atoms with E-state index in [-0.39, 0.29) is 0 Å². The maximum absolute atomic E-state index is 9.62. The van der Waals surface area contributed by atoms with Gasteiger partial charge in [-0.3, -0.25) is 0 Å². The van der Waals surface area contributed by atoms with Crippen LogP contribution in [-0.2, 0) is 0 Å². The number of aliphatic hydroxyl groups is 1. The Labute approximate surface area is 90.0 Å². The molecule has 0 rings (SSSR count). The van der Waals surface area contributed by atoms with Gasteiger partial charge in [0.2, 0.25) is 0 Å². The molecule has 11 heavy (non-hydrogen) atoms. The second kappa shape index (κ2) is 4.56. The molecule has 0 aliphatic rings. The van der Waals surface area contributed by atoms with E-state index in [1.54, 1.807) is 0 Å². The lowest BCUT2D eigenvalue weighted by atomic mass is 10.2. The molecule has 0 heterocycles. The molecule has 1 unspecified atom stereocenters. The molecule has 0 bridgehead atoms. The van der Waals surface area contributed by atoms with Gasteiger partial charge in [0.1, 0.15) is 8.34 Å². The van der Waals surface area contributed by atoms with Crippen LogP contribution in [0.5, 0.6) is 0 Å². The van der Waals surface area contributed by atoms with E-state index in [1.165, 1.54) is 0 Å². The molecule has 0 aromatic carbocycles. The highest BCUT2D eigenvalue weighted by molar-refractivity contribution is 8.18. The first kappa shape index (κ1) is 12.4. The van der Waals surface area contributed by atoms with Crippen molar-refractivity contribution in [3.8, 4) is 0 Å². The van der Waals surface area contributed by atoms with Crippen molar-refractivity contribution in [2.75, 3.05) is 0 Å². The zero-order chi connectivity index (χ0) is 9.12. The van der Waals surface area contributed by atoms with Crippen LogP contribution < -0.4 is 0 Å². The number of thiol groups is 4. The third-order valence-electron chi connectivity index (χ3n) is 1.42. The highest BCUT2D eigenvalue weighted by Gasteiger charge is 2.38. The smallest absolute Gasteiger partial charge is 0.140 e. The van der Waals surface area contributed by atoms with Crippen LogP contribution in [0, 0.1) is 0 Å². The predicted molar refractivity (Wildman–Crippen MR) is 63.1 cm³/mol. The van der Waals surface area contributed by atoms with Gasteiger partial charge in [-0.25, -0.2) is 0 Å². The number of unbranched alkanes of at least 4 members (excludes halogenated alkanes) is 1. The van der Waals surface area contributed by atoms with Gasteiger partial charge < -0.3 is 5.11 Å². The average molecular weight is 230 g/mol. The maximum Gasteiger partial charge on any atom is 0.140 e. The van der Waals surface area contributed by atoms with Gasteiger partial charge in [-0.15, -0.1) is 50.5 Å². The minimum Gasteiger partial charge on any atom is -0.376 e. The van der Waals surface area contributed by atoms with Crippen LogP contribution in [0.1, 0.15) is 26.2 Å². The van der Waals surface area contributed by atoms with E-state index < -0.39 is 8.34 Å². The molecule has 0 radical (unpaired) electrons. The molecule has 0 saturated carbocycles. The van der Waals surface area contributed by atoms with E-state index in [1.807, 2.05) is 6.92 Å². The summed E-state index contributed by atoms with van der Waals surface area (Å²) in [4.78, 5) is -1.22. The molecule has 0 aliphatic heterocycles. The van der Waals surface area contributed by atoms with Crippen molar-refractivity contribution in [2.24, 2.45) is 0 Å². The normalized spacial score (nSPS) is 18.0. The van der Waals surface area contributed by atoms with Crippen LogP contribution in [0.4, 0.5) is 0 Å². The third kappa shape index (κ3) is 4.22. The molecule has 1 N–H and O–H groups in total. The fourth-order valence-corrected chi connectivity index (χ4v) is 1.08. The molecule has 0 aromatic rings. The second-order valence-corrected chi connectivity index (χ2v) is 6.37. The molecule has 5 heteroatoms. The van der Waals surface area contributed by atoms with Gasteiger partial charge in [-0.1, -0.05) is 13.3 Å². The molecule has 0 spiro atoms. The monoisotopic (exact) mass is 230 g/mol.